The first-order valence-corrected chi connectivity index (χ1v) is 7.83. The van der Waals surface area contributed by atoms with Crippen LogP contribution in [0.25, 0.3) is 11.5 Å². The maximum atomic E-state index is 12.0. The van der Waals surface area contributed by atoms with Gasteiger partial charge in [0.2, 0.25) is 5.89 Å². The van der Waals surface area contributed by atoms with Gasteiger partial charge in [0.1, 0.15) is 0 Å². The number of aryl methyl sites for hydroxylation is 1. The van der Waals surface area contributed by atoms with E-state index >= 15 is 0 Å². The highest BCUT2D eigenvalue weighted by atomic mass is 32.2. The van der Waals surface area contributed by atoms with E-state index in [9.17, 15) is 4.79 Å². The summed E-state index contributed by atoms with van der Waals surface area (Å²) in [5, 5.41) is 8.45. The second kappa shape index (κ2) is 6.58. The van der Waals surface area contributed by atoms with Crippen molar-refractivity contribution in [2.24, 2.45) is 0 Å². The second-order valence-electron chi connectivity index (χ2n) is 4.77. The fourth-order valence-electron chi connectivity index (χ4n) is 2.02. The zero-order valence-electron chi connectivity index (χ0n) is 12.0. The molecule has 0 spiro atoms. The maximum Gasteiger partial charge on any atom is 0.277 e. The Labute approximate surface area is 132 Å². The van der Waals surface area contributed by atoms with Crippen LogP contribution < -0.4 is 0 Å². The van der Waals surface area contributed by atoms with Crippen molar-refractivity contribution in [1.29, 1.82) is 0 Å². The number of hydrogen-bond donors (Lipinski definition) is 0. The molecule has 0 unspecified atom stereocenters. The molecule has 2 aromatic carbocycles. The van der Waals surface area contributed by atoms with E-state index in [1.54, 1.807) is 12.1 Å². The lowest BCUT2D eigenvalue weighted by Crippen LogP contribution is -2.01. The minimum absolute atomic E-state index is 0.0428. The Morgan fingerprint density at radius 3 is 2.55 bits per heavy atom. The number of nitrogens with zero attached hydrogens (tertiary/aromatic N) is 2. The third-order valence-corrected chi connectivity index (χ3v) is 4.02. The van der Waals surface area contributed by atoms with Gasteiger partial charge in [-0.1, -0.05) is 60.3 Å². The Morgan fingerprint density at radius 2 is 1.77 bits per heavy atom. The summed E-state index contributed by atoms with van der Waals surface area (Å²) in [5.41, 5.74) is 2.67. The van der Waals surface area contributed by atoms with Gasteiger partial charge in [0.15, 0.2) is 5.78 Å². The number of aromatic nitrogens is 2. The van der Waals surface area contributed by atoms with Gasteiger partial charge < -0.3 is 4.42 Å². The van der Waals surface area contributed by atoms with Crippen molar-refractivity contribution < 1.29 is 9.21 Å². The fraction of sp³-hybridized carbons (Fsp3) is 0.118. The van der Waals surface area contributed by atoms with E-state index in [-0.39, 0.29) is 11.5 Å². The van der Waals surface area contributed by atoms with Crippen LogP contribution in [0.3, 0.4) is 0 Å². The Hall–Kier alpha value is -2.40. The molecule has 0 fully saturated rings. The standard InChI is InChI=1S/C17H14N2O2S/c1-12-7-5-6-10-14(12)16-18-19-17(21-16)22-11-15(20)13-8-3-2-4-9-13/h2-10H,11H2,1H3. The molecule has 0 amide bonds. The quantitative estimate of drug-likeness (QED) is 0.526. The van der Waals surface area contributed by atoms with Crippen LogP contribution in [-0.4, -0.2) is 21.7 Å². The van der Waals surface area contributed by atoms with E-state index in [4.69, 9.17) is 4.42 Å². The monoisotopic (exact) mass is 310 g/mol. The van der Waals surface area contributed by atoms with Gasteiger partial charge in [0.25, 0.3) is 5.22 Å². The zero-order valence-corrected chi connectivity index (χ0v) is 12.8. The van der Waals surface area contributed by atoms with Crippen molar-refractivity contribution in [2.75, 3.05) is 5.75 Å². The molecule has 0 saturated carbocycles. The van der Waals surface area contributed by atoms with Gasteiger partial charge in [0, 0.05) is 11.1 Å². The van der Waals surface area contributed by atoms with Gasteiger partial charge in [-0.3, -0.25) is 4.79 Å². The lowest BCUT2D eigenvalue weighted by atomic mass is 10.1. The van der Waals surface area contributed by atoms with Crippen LogP contribution in [0.5, 0.6) is 0 Å². The summed E-state index contributed by atoms with van der Waals surface area (Å²) in [6, 6.07) is 17.0. The molecule has 1 heterocycles. The van der Waals surface area contributed by atoms with E-state index < -0.39 is 0 Å². The minimum Gasteiger partial charge on any atom is -0.411 e. The molecule has 1 aromatic heterocycles. The number of carbonyl (C=O) groups is 1. The second-order valence-corrected chi connectivity index (χ2v) is 5.69. The van der Waals surface area contributed by atoms with Crippen LogP contribution in [0.1, 0.15) is 15.9 Å². The van der Waals surface area contributed by atoms with Crippen molar-refractivity contribution in [2.45, 2.75) is 12.1 Å². The maximum absolute atomic E-state index is 12.0. The molecule has 3 aromatic rings. The third kappa shape index (κ3) is 3.26. The van der Waals surface area contributed by atoms with Crippen molar-refractivity contribution >= 4 is 17.5 Å². The number of thioether (sulfide) groups is 1. The number of carbonyl (C=O) groups excluding carboxylic acids is 1. The smallest absolute Gasteiger partial charge is 0.277 e. The molecule has 4 nitrogen and oxygen atoms in total. The van der Waals surface area contributed by atoms with Crippen LogP contribution in [-0.2, 0) is 0 Å². The fourth-order valence-corrected chi connectivity index (χ4v) is 2.68. The summed E-state index contributed by atoms with van der Waals surface area (Å²) >= 11 is 1.25. The average molecular weight is 310 g/mol. The predicted molar refractivity (Wildman–Crippen MR) is 86.0 cm³/mol. The Morgan fingerprint density at radius 1 is 1.05 bits per heavy atom. The minimum atomic E-state index is 0.0428. The van der Waals surface area contributed by atoms with E-state index in [2.05, 4.69) is 10.2 Å². The van der Waals surface area contributed by atoms with Gasteiger partial charge in [-0.25, -0.2) is 0 Å². The summed E-state index contributed by atoms with van der Waals surface area (Å²) in [6.45, 7) is 1.99. The number of rotatable bonds is 5. The molecule has 5 heteroatoms. The summed E-state index contributed by atoms with van der Waals surface area (Å²) in [7, 11) is 0. The third-order valence-electron chi connectivity index (χ3n) is 3.20. The lowest BCUT2D eigenvalue weighted by Gasteiger charge is -1.99. The highest BCUT2D eigenvalue weighted by Gasteiger charge is 2.13. The highest BCUT2D eigenvalue weighted by molar-refractivity contribution is 7.99. The van der Waals surface area contributed by atoms with E-state index in [0.29, 0.717) is 16.7 Å². The van der Waals surface area contributed by atoms with E-state index in [1.165, 1.54) is 11.8 Å². The van der Waals surface area contributed by atoms with Crippen molar-refractivity contribution in [3.05, 3.63) is 65.7 Å². The van der Waals surface area contributed by atoms with Crippen LogP contribution in [0.4, 0.5) is 0 Å². The number of benzene rings is 2. The molecule has 0 radical (unpaired) electrons. The van der Waals surface area contributed by atoms with Crippen molar-refractivity contribution in [3.8, 4) is 11.5 Å². The highest BCUT2D eigenvalue weighted by Crippen LogP contribution is 2.25. The molecule has 0 saturated heterocycles. The van der Waals surface area contributed by atoms with Gasteiger partial charge >= 0.3 is 0 Å². The molecule has 0 aliphatic rings. The van der Waals surface area contributed by atoms with Gasteiger partial charge in [-0.05, 0) is 18.6 Å². The van der Waals surface area contributed by atoms with Crippen molar-refractivity contribution in [1.82, 2.24) is 10.2 Å². The summed E-state index contributed by atoms with van der Waals surface area (Å²) in [6.07, 6.45) is 0. The molecule has 0 aliphatic carbocycles. The summed E-state index contributed by atoms with van der Waals surface area (Å²) in [5.74, 6) is 0.799. The number of hydrogen-bond acceptors (Lipinski definition) is 5. The van der Waals surface area contributed by atoms with Crippen molar-refractivity contribution in [3.63, 3.8) is 0 Å². The Bertz CT molecular complexity index is 784. The zero-order chi connectivity index (χ0) is 15.4. The van der Waals surface area contributed by atoms with Gasteiger partial charge in [-0.2, -0.15) is 0 Å². The first kappa shape index (κ1) is 14.5. The molecule has 22 heavy (non-hydrogen) atoms. The lowest BCUT2D eigenvalue weighted by molar-refractivity contribution is 0.102. The molecule has 0 N–H and O–H groups in total. The topological polar surface area (TPSA) is 56.0 Å². The molecule has 0 atom stereocenters. The molecular formula is C17H14N2O2S. The predicted octanol–water partition coefficient (Wildman–Crippen LogP) is 4.02. The first-order chi connectivity index (χ1) is 10.7. The van der Waals surface area contributed by atoms with Crippen LogP contribution in [0, 0.1) is 6.92 Å². The van der Waals surface area contributed by atoms with E-state index in [0.717, 1.165) is 11.1 Å². The summed E-state index contributed by atoms with van der Waals surface area (Å²) < 4.78 is 5.63. The van der Waals surface area contributed by atoms with Crippen LogP contribution >= 0.6 is 11.8 Å². The Balaban J connectivity index is 1.68. The molecule has 0 aliphatic heterocycles. The van der Waals surface area contributed by atoms with Crippen LogP contribution in [0.15, 0.2) is 64.2 Å². The largest absolute Gasteiger partial charge is 0.411 e. The Kier molecular flexibility index (Phi) is 4.34. The normalized spacial score (nSPS) is 10.6. The van der Waals surface area contributed by atoms with E-state index in [1.807, 2.05) is 49.4 Å². The first-order valence-electron chi connectivity index (χ1n) is 6.84. The SMILES string of the molecule is Cc1ccccc1-c1nnc(SCC(=O)c2ccccc2)o1. The number of ketones is 1. The van der Waals surface area contributed by atoms with Gasteiger partial charge in [-0.15, -0.1) is 10.2 Å². The molecule has 3 rings (SSSR count). The number of Topliss-reactive ketones (excluding diaryl/α,β-unsaturated/α-hetero) is 1. The summed E-state index contributed by atoms with van der Waals surface area (Å²) in [4.78, 5) is 12.0. The average Bonchev–Trinajstić information content (AvgIpc) is 3.02. The molecule has 0 bridgehead atoms. The molecular weight excluding hydrogens is 296 g/mol. The van der Waals surface area contributed by atoms with Gasteiger partial charge in [0.05, 0.1) is 5.75 Å². The van der Waals surface area contributed by atoms with Crippen LogP contribution in [0.2, 0.25) is 0 Å². The molecule has 110 valence electrons.